The third kappa shape index (κ3) is 6.84. The number of ether oxygens (including phenoxy) is 1. The minimum atomic E-state index is -0.462. The van der Waals surface area contributed by atoms with E-state index in [-0.39, 0.29) is 6.09 Å². The zero-order chi connectivity index (χ0) is 11.9. The fraction of sp³-hybridized carbons (Fsp3) is 0.750. The zero-order valence-electron chi connectivity index (χ0n) is 10.2. The first-order valence-corrected chi connectivity index (χ1v) is 5.32. The van der Waals surface area contributed by atoms with Crippen molar-refractivity contribution in [2.24, 2.45) is 0 Å². The molecule has 1 amide bonds. The Balaban J connectivity index is 4.23. The third-order valence-electron chi connectivity index (χ3n) is 1.72. The molecule has 0 fully saturated rings. The molecule has 0 aliphatic heterocycles. The Labute approximate surface area is 92.8 Å². The van der Waals surface area contributed by atoms with Crippen molar-refractivity contribution in [1.29, 1.82) is 0 Å². The van der Waals surface area contributed by atoms with Crippen LogP contribution in [0.25, 0.3) is 0 Å². The lowest BCUT2D eigenvalue weighted by Crippen LogP contribution is -2.37. The Bertz CT molecular complexity index is 235. The number of rotatable bonds is 4. The van der Waals surface area contributed by atoms with Crippen LogP contribution in [-0.2, 0) is 4.74 Å². The molecule has 0 rings (SSSR count). The quantitative estimate of drug-likeness (QED) is 0.669. The zero-order valence-corrected chi connectivity index (χ0v) is 10.2. The normalized spacial score (nSPS) is 10.6. The van der Waals surface area contributed by atoms with E-state index in [1.54, 1.807) is 4.90 Å². The van der Waals surface area contributed by atoms with Gasteiger partial charge in [0, 0.05) is 6.54 Å². The largest absolute Gasteiger partial charge is 0.444 e. The Kier molecular flexibility index (Phi) is 5.84. The lowest BCUT2D eigenvalue weighted by atomic mass is 10.2. The molecule has 0 heterocycles. The molecule has 0 aliphatic carbocycles. The Hall–Kier alpha value is -1.17. The Morgan fingerprint density at radius 2 is 2.07 bits per heavy atom. The van der Waals surface area contributed by atoms with Crippen molar-refractivity contribution < 1.29 is 9.53 Å². The van der Waals surface area contributed by atoms with Crippen LogP contribution in [0.5, 0.6) is 0 Å². The lowest BCUT2D eigenvalue weighted by molar-refractivity contribution is 0.0273. The van der Waals surface area contributed by atoms with Crippen LogP contribution in [0.2, 0.25) is 0 Å². The summed E-state index contributed by atoms with van der Waals surface area (Å²) >= 11 is 0. The molecule has 0 aromatic heterocycles. The van der Waals surface area contributed by atoms with E-state index in [1.807, 2.05) is 20.8 Å². The van der Waals surface area contributed by atoms with Crippen LogP contribution in [-0.4, -0.2) is 29.7 Å². The fourth-order valence-corrected chi connectivity index (χ4v) is 1.02. The number of nitrogens with zero attached hydrogens (tertiary/aromatic N) is 1. The predicted octanol–water partition coefficient (Wildman–Crippen LogP) is 2.66. The summed E-state index contributed by atoms with van der Waals surface area (Å²) in [7, 11) is 0. The van der Waals surface area contributed by atoms with E-state index in [2.05, 4.69) is 12.8 Å². The summed E-state index contributed by atoms with van der Waals surface area (Å²) in [5.41, 5.74) is -0.462. The van der Waals surface area contributed by atoms with E-state index >= 15 is 0 Å². The molecule has 86 valence electrons. The second-order valence-corrected chi connectivity index (χ2v) is 4.46. The molecule has 0 aromatic rings. The number of terminal acetylenes is 1. The second-order valence-electron chi connectivity index (χ2n) is 4.46. The van der Waals surface area contributed by atoms with E-state index in [0.717, 1.165) is 12.8 Å². The predicted molar refractivity (Wildman–Crippen MR) is 61.5 cm³/mol. The molecule has 0 spiro atoms. The minimum Gasteiger partial charge on any atom is -0.444 e. The fourth-order valence-electron chi connectivity index (χ4n) is 1.02. The maximum Gasteiger partial charge on any atom is 0.411 e. The molecule has 0 atom stereocenters. The summed E-state index contributed by atoms with van der Waals surface area (Å²) in [4.78, 5) is 13.2. The first-order valence-electron chi connectivity index (χ1n) is 5.32. The van der Waals surface area contributed by atoms with E-state index in [9.17, 15) is 4.79 Å². The topological polar surface area (TPSA) is 29.5 Å². The van der Waals surface area contributed by atoms with Crippen LogP contribution in [0.4, 0.5) is 4.79 Å². The van der Waals surface area contributed by atoms with Gasteiger partial charge in [-0.05, 0) is 27.2 Å². The number of carbonyl (C=O) groups is 1. The van der Waals surface area contributed by atoms with Crippen molar-refractivity contribution in [2.45, 2.75) is 46.1 Å². The Morgan fingerprint density at radius 3 is 2.47 bits per heavy atom. The summed E-state index contributed by atoms with van der Waals surface area (Å²) in [5, 5.41) is 0. The van der Waals surface area contributed by atoms with Gasteiger partial charge in [0.2, 0.25) is 0 Å². The highest BCUT2D eigenvalue weighted by atomic mass is 16.6. The number of unbranched alkanes of at least 4 members (excludes halogenated alkanes) is 1. The molecule has 0 N–H and O–H groups in total. The molecular formula is C12H21NO2. The van der Waals surface area contributed by atoms with Crippen LogP contribution in [0.15, 0.2) is 0 Å². The van der Waals surface area contributed by atoms with Gasteiger partial charge in [-0.15, -0.1) is 6.42 Å². The van der Waals surface area contributed by atoms with E-state index in [0.29, 0.717) is 13.1 Å². The van der Waals surface area contributed by atoms with Crippen LogP contribution >= 0.6 is 0 Å². The average molecular weight is 211 g/mol. The molecule has 0 saturated heterocycles. The van der Waals surface area contributed by atoms with Crippen molar-refractivity contribution in [3.8, 4) is 12.3 Å². The highest BCUT2D eigenvalue weighted by Crippen LogP contribution is 2.10. The number of hydrogen-bond donors (Lipinski definition) is 0. The molecule has 3 heteroatoms. The van der Waals surface area contributed by atoms with Crippen molar-refractivity contribution in [2.75, 3.05) is 13.1 Å². The Morgan fingerprint density at radius 1 is 1.47 bits per heavy atom. The SMILES string of the molecule is C#CCN(CCCC)C(=O)OC(C)(C)C. The van der Waals surface area contributed by atoms with Crippen molar-refractivity contribution >= 4 is 6.09 Å². The van der Waals surface area contributed by atoms with Gasteiger partial charge >= 0.3 is 6.09 Å². The molecule has 0 aliphatic rings. The molecule has 0 saturated carbocycles. The van der Waals surface area contributed by atoms with Gasteiger partial charge in [0.05, 0.1) is 6.54 Å². The van der Waals surface area contributed by atoms with Crippen LogP contribution in [0, 0.1) is 12.3 Å². The molecule has 0 bridgehead atoms. The number of amides is 1. The third-order valence-corrected chi connectivity index (χ3v) is 1.72. The molecule has 0 radical (unpaired) electrons. The van der Waals surface area contributed by atoms with Crippen LogP contribution in [0.3, 0.4) is 0 Å². The maximum atomic E-state index is 11.7. The van der Waals surface area contributed by atoms with Gasteiger partial charge in [0.15, 0.2) is 0 Å². The lowest BCUT2D eigenvalue weighted by Gasteiger charge is -2.26. The standard InChI is InChI=1S/C12H21NO2/c1-6-8-10-13(9-7-2)11(14)15-12(3,4)5/h2H,6,8-10H2,1,3-5H3. The number of hydrogen-bond acceptors (Lipinski definition) is 2. The highest BCUT2D eigenvalue weighted by Gasteiger charge is 2.20. The van der Waals surface area contributed by atoms with E-state index in [1.165, 1.54) is 0 Å². The van der Waals surface area contributed by atoms with Crippen LogP contribution in [0.1, 0.15) is 40.5 Å². The first kappa shape index (κ1) is 13.8. The van der Waals surface area contributed by atoms with Crippen molar-refractivity contribution in [1.82, 2.24) is 4.90 Å². The molecule has 15 heavy (non-hydrogen) atoms. The summed E-state index contributed by atoms with van der Waals surface area (Å²) < 4.78 is 5.24. The second kappa shape index (κ2) is 6.34. The minimum absolute atomic E-state index is 0.314. The first-order chi connectivity index (χ1) is 6.90. The van der Waals surface area contributed by atoms with E-state index in [4.69, 9.17) is 11.2 Å². The average Bonchev–Trinajstić information content (AvgIpc) is 2.09. The highest BCUT2D eigenvalue weighted by molar-refractivity contribution is 5.68. The van der Waals surface area contributed by atoms with Gasteiger partial charge in [0.25, 0.3) is 0 Å². The van der Waals surface area contributed by atoms with Crippen molar-refractivity contribution in [3.63, 3.8) is 0 Å². The van der Waals surface area contributed by atoms with Gasteiger partial charge in [-0.3, -0.25) is 4.90 Å². The van der Waals surface area contributed by atoms with Crippen LogP contribution < -0.4 is 0 Å². The van der Waals surface area contributed by atoms with Gasteiger partial charge in [0.1, 0.15) is 5.60 Å². The molecule has 0 unspecified atom stereocenters. The van der Waals surface area contributed by atoms with Crippen molar-refractivity contribution in [3.05, 3.63) is 0 Å². The molecule has 3 nitrogen and oxygen atoms in total. The van der Waals surface area contributed by atoms with Gasteiger partial charge in [-0.1, -0.05) is 19.3 Å². The van der Waals surface area contributed by atoms with Gasteiger partial charge < -0.3 is 4.74 Å². The van der Waals surface area contributed by atoms with Gasteiger partial charge in [-0.25, -0.2) is 4.79 Å². The smallest absolute Gasteiger partial charge is 0.411 e. The van der Waals surface area contributed by atoms with Gasteiger partial charge in [-0.2, -0.15) is 0 Å². The summed E-state index contributed by atoms with van der Waals surface area (Å²) in [6.45, 7) is 8.59. The summed E-state index contributed by atoms with van der Waals surface area (Å²) in [5.74, 6) is 2.47. The molecule has 0 aromatic carbocycles. The molecular weight excluding hydrogens is 190 g/mol. The number of carbonyl (C=O) groups excluding carboxylic acids is 1. The van der Waals surface area contributed by atoms with E-state index < -0.39 is 5.60 Å². The summed E-state index contributed by atoms with van der Waals surface area (Å²) in [6, 6.07) is 0. The summed E-state index contributed by atoms with van der Waals surface area (Å²) in [6.07, 6.45) is 6.86. The maximum absolute atomic E-state index is 11.7. The monoisotopic (exact) mass is 211 g/mol.